The van der Waals surface area contributed by atoms with Crippen molar-refractivity contribution in [1.29, 1.82) is 0 Å². The number of nitrogens with two attached hydrogens (primary N) is 1. The Balaban J connectivity index is 2.24. The molecule has 2 N–H and O–H groups in total. The molecule has 0 spiro atoms. The van der Waals surface area contributed by atoms with Crippen molar-refractivity contribution in [2.75, 3.05) is 32.4 Å². The van der Waals surface area contributed by atoms with E-state index >= 15 is 0 Å². The third-order valence-corrected chi connectivity index (χ3v) is 3.24. The summed E-state index contributed by atoms with van der Waals surface area (Å²) in [6.07, 6.45) is 0.698. The zero-order chi connectivity index (χ0) is 14.0. The molecule has 19 heavy (non-hydrogen) atoms. The van der Waals surface area contributed by atoms with Crippen molar-refractivity contribution < 1.29 is 14.0 Å². The summed E-state index contributed by atoms with van der Waals surface area (Å²) in [6, 6.07) is 4.11. The molecule has 1 aromatic carbocycles. The Morgan fingerprint density at radius 1 is 1.37 bits per heavy atom. The van der Waals surface area contributed by atoms with Gasteiger partial charge in [-0.2, -0.15) is 0 Å². The molecule has 1 aromatic rings. The first-order valence-electron chi connectivity index (χ1n) is 6.08. The molecule has 0 radical (unpaired) electrons. The van der Waals surface area contributed by atoms with E-state index in [1.165, 1.54) is 23.1 Å². The van der Waals surface area contributed by atoms with E-state index in [-0.39, 0.29) is 23.7 Å². The summed E-state index contributed by atoms with van der Waals surface area (Å²) in [4.78, 5) is 27.0. The molecule has 0 atom stereocenters. The molecule has 0 saturated carbocycles. The van der Waals surface area contributed by atoms with Crippen molar-refractivity contribution in [3.05, 3.63) is 29.6 Å². The second-order valence-electron chi connectivity index (χ2n) is 4.60. The van der Waals surface area contributed by atoms with E-state index in [9.17, 15) is 14.0 Å². The van der Waals surface area contributed by atoms with Crippen molar-refractivity contribution in [3.63, 3.8) is 0 Å². The number of likely N-dealkylation sites (N-methyl/N-ethyl adjacent to an activating group) is 1. The Morgan fingerprint density at radius 3 is 2.84 bits per heavy atom. The number of anilines is 1. The Hall–Kier alpha value is -2.11. The fourth-order valence-electron chi connectivity index (χ4n) is 2.05. The van der Waals surface area contributed by atoms with E-state index in [2.05, 4.69) is 0 Å². The average molecular weight is 265 g/mol. The lowest BCUT2D eigenvalue weighted by Crippen LogP contribution is -2.38. The predicted molar refractivity (Wildman–Crippen MR) is 69.0 cm³/mol. The highest BCUT2D eigenvalue weighted by atomic mass is 19.1. The maximum Gasteiger partial charge on any atom is 0.256 e. The van der Waals surface area contributed by atoms with E-state index in [1.54, 1.807) is 11.9 Å². The Kier molecular flexibility index (Phi) is 3.69. The molecule has 6 heteroatoms. The predicted octanol–water partition coefficient (Wildman–Crippen LogP) is 0.712. The van der Waals surface area contributed by atoms with Gasteiger partial charge in [-0.3, -0.25) is 9.59 Å². The van der Waals surface area contributed by atoms with Gasteiger partial charge in [0.15, 0.2) is 0 Å². The summed E-state index contributed by atoms with van der Waals surface area (Å²) < 4.78 is 13.4. The fraction of sp³-hybridized carbons (Fsp3) is 0.385. The van der Waals surface area contributed by atoms with Crippen LogP contribution in [0.1, 0.15) is 16.8 Å². The summed E-state index contributed by atoms with van der Waals surface area (Å²) in [5.74, 6) is -1.15. The van der Waals surface area contributed by atoms with Crippen LogP contribution in [-0.4, -0.2) is 48.3 Å². The standard InChI is InChI=1S/C13H16FN3O2/c1-16-6-3-7-17(8-11(16)18)13(19)9-4-2-5-10(14)12(9)15/h2,4-5H,3,6-8,15H2,1H3. The molecule has 1 fully saturated rings. The number of rotatable bonds is 1. The second-order valence-corrected chi connectivity index (χ2v) is 4.60. The van der Waals surface area contributed by atoms with Crippen LogP contribution < -0.4 is 5.73 Å². The molecule has 0 aliphatic carbocycles. The average Bonchev–Trinajstić information content (AvgIpc) is 2.55. The highest BCUT2D eigenvalue weighted by molar-refractivity contribution is 6.00. The van der Waals surface area contributed by atoms with Crippen molar-refractivity contribution >= 4 is 17.5 Å². The number of halogens is 1. The normalized spacial score (nSPS) is 16.4. The minimum Gasteiger partial charge on any atom is -0.396 e. The Bertz CT molecular complexity index is 519. The van der Waals surface area contributed by atoms with Crippen LogP contribution in [-0.2, 0) is 4.79 Å². The highest BCUT2D eigenvalue weighted by Gasteiger charge is 2.25. The van der Waals surface area contributed by atoms with Gasteiger partial charge in [-0.1, -0.05) is 6.07 Å². The van der Waals surface area contributed by atoms with E-state index in [0.717, 1.165) is 0 Å². The minimum atomic E-state index is -0.621. The van der Waals surface area contributed by atoms with Crippen LogP contribution >= 0.6 is 0 Å². The molecular formula is C13H16FN3O2. The summed E-state index contributed by atoms with van der Waals surface area (Å²) in [5, 5.41) is 0. The zero-order valence-corrected chi connectivity index (χ0v) is 10.7. The van der Waals surface area contributed by atoms with Crippen LogP contribution in [0.3, 0.4) is 0 Å². The number of benzene rings is 1. The maximum atomic E-state index is 13.4. The molecule has 5 nitrogen and oxygen atoms in total. The first kappa shape index (κ1) is 13.3. The van der Waals surface area contributed by atoms with Crippen LogP contribution in [0.4, 0.5) is 10.1 Å². The van der Waals surface area contributed by atoms with Gasteiger partial charge in [-0.15, -0.1) is 0 Å². The smallest absolute Gasteiger partial charge is 0.256 e. The Labute approximate surface area is 110 Å². The van der Waals surface area contributed by atoms with E-state index in [0.29, 0.717) is 19.5 Å². The van der Waals surface area contributed by atoms with Gasteiger partial charge in [0.2, 0.25) is 5.91 Å². The van der Waals surface area contributed by atoms with Gasteiger partial charge in [0.1, 0.15) is 12.4 Å². The number of nitrogen functional groups attached to an aromatic ring is 1. The molecule has 2 amide bonds. The van der Waals surface area contributed by atoms with Gasteiger partial charge in [0, 0.05) is 20.1 Å². The van der Waals surface area contributed by atoms with Gasteiger partial charge in [-0.05, 0) is 18.6 Å². The van der Waals surface area contributed by atoms with Crippen molar-refractivity contribution in [1.82, 2.24) is 9.80 Å². The second kappa shape index (κ2) is 5.26. The first-order chi connectivity index (χ1) is 9.00. The van der Waals surface area contributed by atoms with Crippen LogP contribution in [0.2, 0.25) is 0 Å². The fourth-order valence-corrected chi connectivity index (χ4v) is 2.05. The summed E-state index contributed by atoms with van der Waals surface area (Å²) in [6.45, 7) is 1.08. The maximum absolute atomic E-state index is 13.4. The van der Waals surface area contributed by atoms with E-state index < -0.39 is 11.7 Å². The van der Waals surface area contributed by atoms with Crippen molar-refractivity contribution in [3.8, 4) is 0 Å². The van der Waals surface area contributed by atoms with Gasteiger partial charge in [0.25, 0.3) is 5.91 Å². The number of para-hydroxylation sites is 1. The molecule has 1 heterocycles. The molecule has 0 bridgehead atoms. The number of amides is 2. The molecule has 1 aliphatic heterocycles. The number of carbonyl (C=O) groups is 2. The molecule has 2 rings (SSSR count). The zero-order valence-electron chi connectivity index (χ0n) is 10.7. The molecular weight excluding hydrogens is 249 g/mol. The van der Waals surface area contributed by atoms with Gasteiger partial charge in [0.05, 0.1) is 11.3 Å². The number of hydrogen-bond donors (Lipinski definition) is 1. The van der Waals surface area contributed by atoms with E-state index in [1.807, 2.05) is 0 Å². The SMILES string of the molecule is CN1CCCN(C(=O)c2cccc(F)c2N)CC1=O. The number of nitrogens with zero attached hydrogens (tertiary/aromatic N) is 2. The van der Waals surface area contributed by atoms with Crippen LogP contribution in [0.25, 0.3) is 0 Å². The van der Waals surface area contributed by atoms with Crippen LogP contribution in [0.15, 0.2) is 18.2 Å². The minimum absolute atomic E-state index is 0.00524. The molecule has 1 aliphatic rings. The molecule has 0 aromatic heterocycles. The largest absolute Gasteiger partial charge is 0.396 e. The van der Waals surface area contributed by atoms with Gasteiger partial charge < -0.3 is 15.5 Å². The third-order valence-electron chi connectivity index (χ3n) is 3.24. The lowest BCUT2D eigenvalue weighted by atomic mass is 10.1. The van der Waals surface area contributed by atoms with E-state index in [4.69, 9.17) is 5.73 Å². The Morgan fingerprint density at radius 2 is 2.11 bits per heavy atom. The van der Waals surface area contributed by atoms with Crippen molar-refractivity contribution in [2.24, 2.45) is 0 Å². The monoisotopic (exact) mass is 265 g/mol. The summed E-state index contributed by atoms with van der Waals surface area (Å²) in [7, 11) is 1.70. The molecule has 0 unspecified atom stereocenters. The first-order valence-corrected chi connectivity index (χ1v) is 6.08. The van der Waals surface area contributed by atoms with Crippen LogP contribution in [0.5, 0.6) is 0 Å². The van der Waals surface area contributed by atoms with Crippen LogP contribution in [0, 0.1) is 5.82 Å². The molecule has 1 saturated heterocycles. The molecule has 102 valence electrons. The third kappa shape index (κ3) is 2.67. The van der Waals surface area contributed by atoms with Gasteiger partial charge in [-0.25, -0.2) is 4.39 Å². The van der Waals surface area contributed by atoms with Gasteiger partial charge >= 0.3 is 0 Å². The number of carbonyl (C=O) groups excluding carboxylic acids is 2. The summed E-state index contributed by atoms with van der Waals surface area (Å²) >= 11 is 0. The lowest BCUT2D eigenvalue weighted by Gasteiger charge is -2.20. The highest BCUT2D eigenvalue weighted by Crippen LogP contribution is 2.18. The summed E-state index contributed by atoms with van der Waals surface area (Å²) in [5.41, 5.74) is 5.51. The quantitative estimate of drug-likeness (QED) is 0.761. The lowest BCUT2D eigenvalue weighted by molar-refractivity contribution is -0.129. The number of hydrogen-bond acceptors (Lipinski definition) is 3. The topological polar surface area (TPSA) is 66.6 Å². The van der Waals surface area contributed by atoms with Crippen molar-refractivity contribution in [2.45, 2.75) is 6.42 Å².